The van der Waals surface area contributed by atoms with Crippen molar-refractivity contribution in [2.75, 3.05) is 0 Å². The molecule has 0 unspecified atom stereocenters. The molecule has 3 aromatic rings. The van der Waals surface area contributed by atoms with Crippen LogP contribution >= 0.6 is 11.8 Å². The SMILES string of the molecule is c1ccc(-n2nnnc2CSc2nnnn2C2CCCC2)cc1. The monoisotopic (exact) mass is 328 g/mol. The summed E-state index contributed by atoms with van der Waals surface area (Å²) < 4.78 is 3.70. The van der Waals surface area contributed by atoms with E-state index in [0.717, 1.165) is 29.5 Å². The molecule has 2 aromatic heterocycles. The number of tetrazole rings is 2. The minimum atomic E-state index is 0.428. The highest BCUT2D eigenvalue weighted by Gasteiger charge is 2.22. The molecule has 0 amide bonds. The Morgan fingerprint density at radius 2 is 1.78 bits per heavy atom. The van der Waals surface area contributed by atoms with Crippen molar-refractivity contribution < 1.29 is 0 Å². The van der Waals surface area contributed by atoms with Crippen LogP contribution in [0.2, 0.25) is 0 Å². The highest BCUT2D eigenvalue weighted by molar-refractivity contribution is 7.98. The lowest BCUT2D eigenvalue weighted by atomic mass is 10.3. The zero-order chi connectivity index (χ0) is 15.5. The van der Waals surface area contributed by atoms with Crippen LogP contribution in [0.25, 0.3) is 5.69 Å². The summed E-state index contributed by atoms with van der Waals surface area (Å²) in [5, 5.41) is 25.0. The van der Waals surface area contributed by atoms with Crippen LogP contribution < -0.4 is 0 Å². The maximum atomic E-state index is 4.15. The summed E-state index contributed by atoms with van der Waals surface area (Å²) in [6, 6.07) is 10.3. The van der Waals surface area contributed by atoms with Gasteiger partial charge in [0.25, 0.3) is 0 Å². The van der Waals surface area contributed by atoms with Gasteiger partial charge in [-0.2, -0.15) is 4.68 Å². The molecular weight excluding hydrogens is 312 g/mol. The van der Waals surface area contributed by atoms with Crippen LogP contribution in [-0.2, 0) is 5.75 Å². The van der Waals surface area contributed by atoms with Crippen LogP contribution in [0.4, 0.5) is 0 Å². The Morgan fingerprint density at radius 1 is 1.00 bits per heavy atom. The second kappa shape index (κ2) is 6.45. The lowest BCUT2D eigenvalue weighted by Crippen LogP contribution is -2.09. The van der Waals surface area contributed by atoms with Crippen LogP contribution in [0.5, 0.6) is 0 Å². The number of hydrogen-bond acceptors (Lipinski definition) is 7. The summed E-state index contributed by atoms with van der Waals surface area (Å²) in [4.78, 5) is 0. The molecule has 9 heteroatoms. The Morgan fingerprint density at radius 3 is 2.61 bits per heavy atom. The minimum Gasteiger partial charge on any atom is -0.217 e. The molecule has 118 valence electrons. The average Bonchev–Trinajstić information content (AvgIpc) is 3.33. The Kier molecular flexibility index (Phi) is 4.01. The van der Waals surface area contributed by atoms with E-state index in [0.29, 0.717) is 11.8 Å². The molecule has 4 rings (SSSR count). The first-order valence-electron chi connectivity index (χ1n) is 7.65. The zero-order valence-electron chi connectivity index (χ0n) is 12.5. The Balaban J connectivity index is 1.51. The van der Waals surface area contributed by atoms with E-state index >= 15 is 0 Å². The van der Waals surface area contributed by atoms with Crippen LogP contribution in [0.1, 0.15) is 37.5 Å². The smallest absolute Gasteiger partial charge is 0.210 e. The topological polar surface area (TPSA) is 87.2 Å². The molecule has 2 heterocycles. The van der Waals surface area contributed by atoms with E-state index in [1.54, 1.807) is 16.4 Å². The summed E-state index contributed by atoms with van der Waals surface area (Å²) in [5.74, 6) is 1.40. The van der Waals surface area contributed by atoms with Gasteiger partial charge in [0.1, 0.15) is 0 Å². The van der Waals surface area contributed by atoms with Crippen molar-refractivity contribution in [2.45, 2.75) is 42.6 Å². The van der Waals surface area contributed by atoms with Crippen LogP contribution in [0.3, 0.4) is 0 Å². The van der Waals surface area contributed by atoms with Crippen molar-refractivity contribution >= 4 is 11.8 Å². The van der Waals surface area contributed by atoms with Crippen molar-refractivity contribution in [1.29, 1.82) is 0 Å². The molecule has 0 N–H and O–H groups in total. The van der Waals surface area contributed by atoms with E-state index in [2.05, 4.69) is 31.1 Å². The number of hydrogen-bond donors (Lipinski definition) is 0. The van der Waals surface area contributed by atoms with Crippen LogP contribution in [0.15, 0.2) is 35.5 Å². The van der Waals surface area contributed by atoms with Crippen molar-refractivity contribution in [3.8, 4) is 5.69 Å². The summed E-state index contributed by atoms with van der Waals surface area (Å²) >= 11 is 1.57. The molecule has 0 atom stereocenters. The van der Waals surface area contributed by atoms with Gasteiger partial charge in [0.15, 0.2) is 5.82 Å². The molecule has 8 nitrogen and oxygen atoms in total. The molecule has 1 saturated carbocycles. The number of aromatic nitrogens is 8. The molecule has 1 aliphatic carbocycles. The Hall–Kier alpha value is -2.29. The van der Waals surface area contributed by atoms with Gasteiger partial charge < -0.3 is 0 Å². The van der Waals surface area contributed by atoms with Gasteiger partial charge in [0.05, 0.1) is 17.5 Å². The molecule has 23 heavy (non-hydrogen) atoms. The fourth-order valence-electron chi connectivity index (χ4n) is 2.85. The van der Waals surface area contributed by atoms with Crippen molar-refractivity contribution in [3.05, 3.63) is 36.2 Å². The zero-order valence-corrected chi connectivity index (χ0v) is 13.3. The number of benzene rings is 1. The fraction of sp³-hybridized carbons (Fsp3) is 0.429. The van der Waals surface area contributed by atoms with E-state index < -0.39 is 0 Å². The van der Waals surface area contributed by atoms with E-state index in [9.17, 15) is 0 Å². The molecule has 0 bridgehead atoms. The molecule has 0 saturated heterocycles. The van der Waals surface area contributed by atoms with Crippen LogP contribution in [0, 0.1) is 0 Å². The van der Waals surface area contributed by atoms with Crippen molar-refractivity contribution in [1.82, 2.24) is 40.4 Å². The summed E-state index contributed by atoms with van der Waals surface area (Å²) in [6.45, 7) is 0. The fourth-order valence-corrected chi connectivity index (χ4v) is 3.70. The van der Waals surface area contributed by atoms with Crippen LogP contribution in [-0.4, -0.2) is 40.4 Å². The Labute approximate surface area is 137 Å². The predicted molar refractivity (Wildman–Crippen MR) is 84.0 cm³/mol. The highest BCUT2D eigenvalue weighted by Crippen LogP contribution is 2.32. The maximum Gasteiger partial charge on any atom is 0.210 e. The van der Waals surface area contributed by atoms with Gasteiger partial charge in [-0.25, -0.2) is 4.68 Å². The van der Waals surface area contributed by atoms with E-state index in [-0.39, 0.29) is 0 Å². The molecule has 1 fully saturated rings. The summed E-state index contributed by atoms with van der Waals surface area (Å²) in [5.41, 5.74) is 0.948. The predicted octanol–water partition coefficient (Wildman–Crippen LogP) is 2.06. The van der Waals surface area contributed by atoms with Crippen molar-refractivity contribution in [3.63, 3.8) is 0 Å². The van der Waals surface area contributed by atoms with Gasteiger partial charge in [0.2, 0.25) is 5.16 Å². The standard InChI is InChI=1S/C14H16N8S/c1-2-6-11(7-3-1)21-13(15-17-19-21)10-23-14-16-18-20-22(14)12-8-4-5-9-12/h1-3,6-7,12H,4-5,8-10H2. The van der Waals surface area contributed by atoms with E-state index in [1.807, 2.05) is 35.0 Å². The number of nitrogens with zero attached hydrogens (tertiary/aromatic N) is 8. The van der Waals surface area contributed by atoms with Gasteiger partial charge in [-0.15, -0.1) is 10.2 Å². The largest absolute Gasteiger partial charge is 0.217 e. The molecule has 0 radical (unpaired) electrons. The second-order valence-corrected chi connectivity index (χ2v) is 6.42. The first kappa shape index (κ1) is 14.3. The van der Waals surface area contributed by atoms with Gasteiger partial charge >= 0.3 is 0 Å². The second-order valence-electron chi connectivity index (χ2n) is 5.48. The van der Waals surface area contributed by atoms with Gasteiger partial charge in [0, 0.05) is 0 Å². The number of para-hydroxylation sites is 1. The van der Waals surface area contributed by atoms with Crippen molar-refractivity contribution in [2.24, 2.45) is 0 Å². The third kappa shape index (κ3) is 2.96. The third-order valence-corrected chi connectivity index (χ3v) is 4.93. The molecular formula is C14H16N8S. The number of rotatable bonds is 5. The molecule has 1 aromatic carbocycles. The highest BCUT2D eigenvalue weighted by atomic mass is 32.2. The maximum absolute atomic E-state index is 4.15. The average molecular weight is 328 g/mol. The molecule has 1 aliphatic rings. The van der Waals surface area contributed by atoms with E-state index in [1.165, 1.54) is 12.8 Å². The first-order valence-corrected chi connectivity index (χ1v) is 8.64. The molecule has 0 spiro atoms. The van der Waals surface area contributed by atoms with Gasteiger partial charge in [-0.1, -0.05) is 42.8 Å². The van der Waals surface area contributed by atoms with Gasteiger partial charge in [-0.05, 0) is 45.8 Å². The quantitative estimate of drug-likeness (QED) is 0.662. The third-order valence-electron chi connectivity index (χ3n) is 4.00. The Bertz CT molecular complexity index is 762. The summed E-state index contributed by atoms with van der Waals surface area (Å²) in [6.07, 6.45) is 4.81. The minimum absolute atomic E-state index is 0.428. The van der Waals surface area contributed by atoms with E-state index in [4.69, 9.17) is 0 Å². The lowest BCUT2D eigenvalue weighted by Gasteiger charge is -2.10. The lowest BCUT2D eigenvalue weighted by molar-refractivity contribution is 0.423. The van der Waals surface area contributed by atoms with Gasteiger partial charge in [-0.3, -0.25) is 0 Å². The normalized spacial score (nSPS) is 15.3. The molecule has 0 aliphatic heterocycles. The summed E-state index contributed by atoms with van der Waals surface area (Å²) in [7, 11) is 0. The first-order chi connectivity index (χ1) is 11.4. The number of thioether (sulfide) groups is 1.